The number of hydrogen-bond acceptors (Lipinski definition) is 6. The lowest BCUT2D eigenvalue weighted by Gasteiger charge is -2.20. The Bertz CT molecular complexity index is 628. The summed E-state index contributed by atoms with van der Waals surface area (Å²) < 4.78 is 5.38. The van der Waals surface area contributed by atoms with Gasteiger partial charge in [0.25, 0.3) is 5.91 Å². The second kappa shape index (κ2) is 8.96. The largest absolute Gasteiger partial charge is 0.481 e. The molecule has 0 radical (unpaired) electrons. The molecule has 0 unspecified atom stereocenters. The number of hydrogen-bond donors (Lipinski definition) is 5. The Morgan fingerprint density at radius 2 is 1.96 bits per heavy atom. The van der Waals surface area contributed by atoms with Crippen LogP contribution >= 0.6 is 0 Å². The third-order valence-electron chi connectivity index (χ3n) is 4.34. The number of aliphatic carboxylic acids is 1. The smallest absolute Gasteiger partial charge is 0.478 e. The number of carboxylic acid groups (broad SMARTS) is 1. The van der Waals surface area contributed by atoms with Crippen molar-refractivity contribution in [1.29, 1.82) is 0 Å². The third kappa shape index (κ3) is 5.27. The van der Waals surface area contributed by atoms with E-state index in [-0.39, 0.29) is 18.9 Å². The average Bonchev–Trinajstić information content (AvgIpc) is 2.75. The molecule has 7 N–H and O–H groups in total. The van der Waals surface area contributed by atoms with Gasteiger partial charge in [-0.3, -0.25) is 9.59 Å². The quantitative estimate of drug-likeness (QED) is 0.445. The molecular weight excluding hydrogens is 325 g/mol. The molecule has 1 heterocycles. The van der Waals surface area contributed by atoms with Gasteiger partial charge in [0.05, 0.1) is 18.5 Å². The topological polar surface area (TPSA) is 148 Å². The predicted octanol–water partition coefficient (Wildman–Crippen LogP) is -0.234. The summed E-state index contributed by atoms with van der Waals surface area (Å²) in [5, 5.41) is 21.7. The molecule has 1 fully saturated rings. The van der Waals surface area contributed by atoms with Crippen molar-refractivity contribution in [3.05, 3.63) is 34.9 Å². The van der Waals surface area contributed by atoms with Gasteiger partial charge >= 0.3 is 13.1 Å². The van der Waals surface area contributed by atoms with E-state index in [4.69, 9.17) is 21.2 Å². The van der Waals surface area contributed by atoms with Crippen LogP contribution in [-0.4, -0.2) is 41.2 Å². The maximum atomic E-state index is 12.5. The molecule has 1 aromatic carbocycles. The number of nitrogens with two attached hydrogens (primary N) is 2. The normalized spacial score (nSPS) is 20.8. The molecular formula is C16H24BN3O5. The van der Waals surface area contributed by atoms with E-state index in [1.54, 1.807) is 18.2 Å². The second-order valence-corrected chi connectivity index (χ2v) is 6.15. The Morgan fingerprint density at radius 3 is 2.60 bits per heavy atom. The van der Waals surface area contributed by atoms with Crippen LogP contribution in [0.2, 0.25) is 0 Å². The van der Waals surface area contributed by atoms with Crippen molar-refractivity contribution in [3.8, 4) is 0 Å². The highest BCUT2D eigenvalue weighted by atomic mass is 16.5. The summed E-state index contributed by atoms with van der Waals surface area (Å²) in [5.74, 6) is -1.92. The van der Waals surface area contributed by atoms with Crippen molar-refractivity contribution >= 4 is 19.0 Å². The number of carboxylic acids is 1. The number of benzene rings is 1. The van der Waals surface area contributed by atoms with Crippen LogP contribution in [0.4, 0.5) is 0 Å². The SMILES string of the molecule is NCc1ccc(C(=O)N[C@H]2CCC[C@H](CC(=O)O)OB2O)cc1CN. The first-order chi connectivity index (χ1) is 11.9. The van der Waals surface area contributed by atoms with E-state index < -0.39 is 25.1 Å². The summed E-state index contributed by atoms with van der Waals surface area (Å²) in [6.07, 6.45) is 0.964. The third-order valence-corrected chi connectivity index (χ3v) is 4.34. The molecule has 0 saturated carbocycles. The van der Waals surface area contributed by atoms with Crippen LogP contribution < -0.4 is 16.8 Å². The van der Waals surface area contributed by atoms with Crippen LogP contribution in [0.1, 0.15) is 47.2 Å². The van der Waals surface area contributed by atoms with Crippen LogP contribution in [-0.2, 0) is 22.5 Å². The first-order valence-electron chi connectivity index (χ1n) is 8.32. The minimum atomic E-state index is -1.24. The summed E-state index contributed by atoms with van der Waals surface area (Å²) in [5.41, 5.74) is 13.4. The van der Waals surface area contributed by atoms with Crippen LogP contribution in [0.5, 0.6) is 0 Å². The molecule has 1 amide bonds. The maximum absolute atomic E-state index is 12.5. The zero-order valence-electron chi connectivity index (χ0n) is 14.0. The van der Waals surface area contributed by atoms with E-state index >= 15 is 0 Å². The number of nitrogens with one attached hydrogen (secondary N) is 1. The van der Waals surface area contributed by atoms with Gasteiger partial charge in [-0.2, -0.15) is 0 Å². The number of rotatable bonds is 6. The lowest BCUT2D eigenvalue weighted by molar-refractivity contribution is -0.139. The zero-order valence-corrected chi connectivity index (χ0v) is 14.0. The van der Waals surface area contributed by atoms with Gasteiger partial charge in [-0.25, -0.2) is 0 Å². The van der Waals surface area contributed by atoms with Gasteiger partial charge in [0.15, 0.2) is 0 Å². The van der Waals surface area contributed by atoms with E-state index in [1.807, 2.05) is 0 Å². The van der Waals surface area contributed by atoms with E-state index in [9.17, 15) is 14.6 Å². The van der Waals surface area contributed by atoms with E-state index in [0.29, 0.717) is 31.4 Å². The molecule has 1 aliphatic heterocycles. The van der Waals surface area contributed by atoms with Gasteiger partial charge in [0.1, 0.15) is 0 Å². The van der Waals surface area contributed by atoms with Crippen molar-refractivity contribution < 1.29 is 24.4 Å². The van der Waals surface area contributed by atoms with Gasteiger partial charge < -0.3 is 31.6 Å². The molecule has 136 valence electrons. The number of carbonyl (C=O) groups excluding carboxylic acids is 1. The predicted molar refractivity (Wildman–Crippen MR) is 92.4 cm³/mol. The Hall–Kier alpha value is -1.94. The minimum absolute atomic E-state index is 0.169. The number of amides is 1. The van der Waals surface area contributed by atoms with E-state index in [2.05, 4.69) is 5.32 Å². The Kier molecular flexibility index (Phi) is 6.95. The monoisotopic (exact) mass is 349 g/mol. The molecule has 1 saturated heterocycles. The fourth-order valence-electron chi connectivity index (χ4n) is 2.96. The van der Waals surface area contributed by atoms with E-state index in [1.165, 1.54) is 0 Å². The average molecular weight is 349 g/mol. The van der Waals surface area contributed by atoms with Gasteiger partial charge in [-0.05, 0) is 42.5 Å². The van der Waals surface area contributed by atoms with Gasteiger partial charge in [-0.1, -0.05) is 6.07 Å². The Morgan fingerprint density at radius 1 is 1.24 bits per heavy atom. The first kappa shape index (κ1) is 19.4. The molecule has 1 aromatic rings. The molecule has 8 nitrogen and oxygen atoms in total. The second-order valence-electron chi connectivity index (χ2n) is 6.15. The highest BCUT2D eigenvalue weighted by Gasteiger charge is 2.34. The summed E-state index contributed by atoms with van der Waals surface area (Å²) >= 11 is 0. The van der Waals surface area contributed by atoms with E-state index in [0.717, 1.165) is 11.1 Å². The molecule has 1 aliphatic rings. The van der Waals surface area contributed by atoms with Crippen molar-refractivity contribution in [2.75, 3.05) is 0 Å². The van der Waals surface area contributed by atoms with Gasteiger partial charge in [0, 0.05) is 18.7 Å². The lowest BCUT2D eigenvalue weighted by atomic mass is 9.76. The zero-order chi connectivity index (χ0) is 18.4. The number of carbonyl (C=O) groups is 2. The molecule has 2 atom stereocenters. The van der Waals surface area contributed by atoms with Crippen molar-refractivity contribution in [3.63, 3.8) is 0 Å². The fraction of sp³-hybridized carbons (Fsp3) is 0.500. The van der Waals surface area contributed by atoms with Crippen LogP contribution in [0.25, 0.3) is 0 Å². The molecule has 0 aliphatic carbocycles. The van der Waals surface area contributed by atoms with Gasteiger partial charge in [0.2, 0.25) is 0 Å². The maximum Gasteiger partial charge on any atom is 0.478 e. The summed E-state index contributed by atoms with van der Waals surface area (Å²) in [6.45, 7) is 0.619. The van der Waals surface area contributed by atoms with Gasteiger partial charge in [-0.15, -0.1) is 0 Å². The Labute approximate surface area is 146 Å². The fourth-order valence-corrected chi connectivity index (χ4v) is 2.96. The molecule has 2 rings (SSSR count). The molecule has 0 spiro atoms. The van der Waals surface area contributed by atoms with Crippen LogP contribution in [0, 0.1) is 0 Å². The van der Waals surface area contributed by atoms with Crippen LogP contribution in [0.15, 0.2) is 18.2 Å². The molecule has 9 heteroatoms. The first-order valence-corrected chi connectivity index (χ1v) is 8.32. The van der Waals surface area contributed by atoms with Crippen LogP contribution in [0.3, 0.4) is 0 Å². The highest BCUT2D eigenvalue weighted by Crippen LogP contribution is 2.19. The summed E-state index contributed by atoms with van der Waals surface area (Å²) in [6, 6.07) is 5.11. The molecule has 0 aromatic heterocycles. The van der Waals surface area contributed by atoms with Crippen molar-refractivity contribution in [2.45, 2.75) is 50.8 Å². The summed E-state index contributed by atoms with van der Waals surface area (Å²) in [4.78, 5) is 23.2. The molecule has 25 heavy (non-hydrogen) atoms. The summed E-state index contributed by atoms with van der Waals surface area (Å²) in [7, 11) is -1.24. The molecule has 0 bridgehead atoms. The van der Waals surface area contributed by atoms with Crippen molar-refractivity contribution in [1.82, 2.24) is 5.32 Å². The highest BCUT2D eigenvalue weighted by molar-refractivity contribution is 6.45. The standard InChI is InChI=1S/C16H24BN3O5/c18-8-11-5-4-10(6-12(11)9-19)16(23)20-14-3-1-2-13(7-15(21)22)25-17(14)24/h4-6,13-14,24H,1-3,7-9,18-19H2,(H,20,23)(H,21,22)/t13-,14+/m1/s1. The lowest BCUT2D eigenvalue weighted by Crippen LogP contribution is -2.48. The van der Waals surface area contributed by atoms with Crippen molar-refractivity contribution in [2.24, 2.45) is 11.5 Å². The Balaban J connectivity index is 2.03. The minimum Gasteiger partial charge on any atom is -0.481 e.